The van der Waals surface area contributed by atoms with E-state index in [4.69, 9.17) is 4.74 Å². The minimum absolute atomic E-state index is 0.0261. The number of amides is 2. The Labute approximate surface area is 248 Å². The summed E-state index contributed by atoms with van der Waals surface area (Å²) in [4.78, 5) is 37.4. The van der Waals surface area contributed by atoms with Crippen LogP contribution >= 0.6 is 0 Å². The zero-order chi connectivity index (χ0) is 30.5. The topological polar surface area (TPSA) is 130 Å². The van der Waals surface area contributed by atoms with Gasteiger partial charge in [0.2, 0.25) is 0 Å². The molecule has 222 valence electrons. The number of nitrogens with zero attached hydrogens (tertiary/aromatic N) is 3. The molecule has 2 amide bonds. The van der Waals surface area contributed by atoms with Crippen molar-refractivity contribution in [1.82, 2.24) is 14.8 Å². The number of H-pyrrole nitrogens is 1. The molecule has 10 heteroatoms. The highest BCUT2D eigenvalue weighted by Crippen LogP contribution is 2.74. The van der Waals surface area contributed by atoms with Crippen molar-refractivity contribution >= 4 is 34.5 Å². The van der Waals surface area contributed by atoms with Gasteiger partial charge in [0.25, 0.3) is 17.5 Å². The number of aliphatic hydroxyl groups excluding tert-OH is 1. The second-order valence-corrected chi connectivity index (χ2v) is 13.4. The third kappa shape index (κ3) is 2.56. The average Bonchev–Trinajstić information content (AvgIpc) is 3.49. The molecule has 5 unspecified atom stereocenters. The quantitative estimate of drug-likeness (QED) is 0.366. The second kappa shape index (κ2) is 7.75. The Bertz CT molecular complexity index is 1840. The molecule has 5 aliphatic rings. The lowest BCUT2D eigenvalue weighted by Gasteiger charge is -2.71. The van der Waals surface area contributed by atoms with Gasteiger partial charge in [-0.25, -0.2) is 0 Å². The Kier molecular flexibility index (Phi) is 4.81. The molecule has 8 rings (SSSR count). The molecule has 0 bridgehead atoms. The molecule has 6 heterocycles. The van der Waals surface area contributed by atoms with Crippen molar-refractivity contribution in [3.63, 3.8) is 0 Å². The standard InChI is InChI=1S/C33H34N4O6/c1-29(2)14-15-35-23(16-19-18-10-6-8-12-21(18)34-25(19)29)26(39)37-32(42,28(35)40)27(43-5)31(41)20-11-7-9-13-22(20)36-30(3,4)24(17-38)33(31,36)37/h6-16,24,27,34,38,41-42H,17H2,1-5H3. The number of hydrogen-bond donors (Lipinski definition) is 4. The van der Waals surface area contributed by atoms with Crippen LogP contribution < -0.4 is 4.90 Å². The maximum Gasteiger partial charge on any atom is 0.287 e. The molecule has 1 aromatic heterocycles. The number of rotatable bonds is 2. The van der Waals surface area contributed by atoms with Gasteiger partial charge in [0.05, 0.1) is 12.5 Å². The van der Waals surface area contributed by atoms with Gasteiger partial charge in [-0.3, -0.25) is 19.4 Å². The molecule has 3 fully saturated rings. The van der Waals surface area contributed by atoms with Gasteiger partial charge in [-0.2, -0.15) is 0 Å². The van der Waals surface area contributed by atoms with E-state index < -0.39 is 58.4 Å². The number of hydrogen-bond acceptors (Lipinski definition) is 7. The molecule has 5 aliphatic heterocycles. The molecule has 0 radical (unpaired) electrons. The molecule has 0 aliphatic carbocycles. The van der Waals surface area contributed by atoms with E-state index >= 15 is 4.79 Å². The summed E-state index contributed by atoms with van der Waals surface area (Å²) < 4.78 is 5.86. The predicted octanol–water partition coefficient (Wildman–Crippen LogP) is 2.51. The first-order chi connectivity index (χ1) is 20.3. The average molecular weight is 583 g/mol. The van der Waals surface area contributed by atoms with Crippen LogP contribution in [0.5, 0.6) is 0 Å². The van der Waals surface area contributed by atoms with Crippen molar-refractivity contribution in [2.75, 3.05) is 18.6 Å². The molecule has 3 saturated heterocycles. The summed E-state index contributed by atoms with van der Waals surface area (Å²) in [5, 5.41) is 37.3. The van der Waals surface area contributed by atoms with Crippen LogP contribution in [0.15, 0.2) is 66.5 Å². The van der Waals surface area contributed by atoms with Crippen molar-refractivity contribution in [2.45, 2.75) is 61.7 Å². The molecule has 2 aromatic carbocycles. The van der Waals surface area contributed by atoms with Gasteiger partial charge in [0.15, 0.2) is 17.4 Å². The summed E-state index contributed by atoms with van der Waals surface area (Å²) in [6.07, 6.45) is 3.48. The number of aromatic nitrogens is 1. The summed E-state index contributed by atoms with van der Waals surface area (Å²) in [5.74, 6) is -2.23. The number of nitrogens with one attached hydrogen (secondary N) is 1. The fraction of sp³-hybridized carbons (Fsp3) is 0.394. The fourth-order valence-corrected chi connectivity index (χ4v) is 9.01. The predicted molar refractivity (Wildman–Crippen MR) is 158 cm³/mol. The Morgan fingerprint density at radius 3 is 2.40 bits per heavy atom. The number of benzene rings is 2. The number of carbonyl (C=O) groups excluding carboxylic acids is 2. The van der Waals surface area contributed by atoms with Crippen molar-refractivity contribution in [2.24, 2.45) is 5.92 Å². The summed E-state index contributed by atoms with van der Waals surface area (Å²) in [6, 6.07) is 14.9. The number of ether oxygens (including phenoxy) is 1. The zero-order valence-electron chi connectivity index (χ0n) is 24.6. The summed E-state index contributed by atoms with van der Waals surface area (Å²) in [6.45, 7) is 7.44. The van der Waals surface area contributed by atoms with Crippen LogP contribution in [0, 0.1) is 5.92 Å². The number of aromatic amines is 1. The molecule has 4 N–H and O–H groups in total. The van der Waals surface area contributed by atoms with Crippen LogP contribution in [-0.4, -0.2) is 78.7 Å². The van der Waals surface area contributed by atoms with Gasteiger partial charge >= 0.3 is 0 Å². The number of methoxy groups -OCH3 is 1. The number of fused-ring (bicyclic) bond motifs is 8. The minimum Gasteiger partial charge on any atom is -0.396 e. The van der Waals surface area contributed by atoms with Gasteiger partial charge in [-0.1, -0.05) is 56.3 Å². The number of allylic oxidation sites excluding steroid dienone is 1. The van der Waals surface area contributed by atoms with Gasteiger partial charge in [-0.05, 0) is 32.1 Å². The largest absolute Gasteiger partial charge is 0.396 e. The molecular weight excluding hydrogens is 548 g/mol. The fourth-order valence-electron chi connectivity index (χ4n) is 9.01. The lowest BCUT2D eigenvalue weighted by Crippen LogP contribution is -2.89. The summed E-state index contributed by atoms with van der Waals surface area (Å²) in [7, 11) is 1.31. The molecule has 10 nitrogen and oxygen atoms in total. The minimum atomic E-state index is -2.59. The first-order valence-electron chi connectivity index (χ1n) is 14.5. The van der Waals surface area contributed by atoms with Crippen molar-refractivity contribution in [3.8, 4) is 0 Å². The Balaban J connectivity index is 1.44. The first-order valence-corrected chi connectivity index (χ1v) is 14.5. The second-order valence-electron chi connectivity index (χ2n) is 13.4. The molecule has 0 saturated carbocycles. The van der Waals surface area contributed by atoms with Crippen molar-refractivity contribution < 1.29 is 29.6 Å². The van der Waals surface area contributed by atoms with E-state index in [1.807, 2.05) is 75.1 Å². The van der Waals surface area contributed by atoms with Crippen LogP contribution in [0.25, 0.3) is 17.0 Å². The SMILES string of the molecule is COC1C2(O)C(=O)N3C=CC(C)(C)c4[nH]c5ccccc5c4C=C3C(=O)N2C23C(CO)C(C)(C)N2c2ccccc2C13O. The summed E-state index contributed by atoms with van der Waals surface area (Å²) >= 11 is 0. The van der Waals surface area contributed by atoms with E-state index in [1.54, 1.807) is 18.2 Å². The van der Waals surface area contributed by atoms with Crippen LogP contribution in [0.2, 0.25) is 0 Å². The Morgan fingerprint density at radius 1 is 0.977 bits per heavy atom. The number of carbonyl (C=O) groups is 2. The molecule has 43 heavy (non-hydrogen) atoms. The molecule has 5 atom stereocenters. The first kappa shape index (κ1) is 26.7. The van der Waals surface area contributed by atoms with Gasteiger partial charge in [0.1, 0.15) is 5.70 Å². The molecule has 3 aromatic rings. The van der Waals surface area contributed by atoms with E-state index in [9.17, 15) is 20.1 Å². The van der Waals surface area contributed by atoms with Gasteiger partial charge < -0.3 is 29.9 Å². The van der Waals surface area contributed by atoms with Crippen LogP contribution in [-0.2, 0) is 25.3 Å². The third-order valence-corrected chi connectivity index (χ3v) is 10.7. The highest BCUT2D eigenvalue weighted by Gasteiger charge is 2.92. The third-order valence-electron chi connectivity index (χ3n) is 10.7. The van der Waals surface area contributed by atoms with E-state index in [2.05, 4.69) is 4.98 Å². The van der Waals surface area contributed by atoms with E-state index in [0.29, 0.717) is 11.3 Å². The Morgan fingerprint density at radius 2 is 1.67 bits per heavy atom. The maximum atomic E-state index is 15.0. The lowest BCUT2D eigenvalue weighted by molar-refractivity contribution is -0.218. The lowest BCUT2D eigenvalue weighted by atomic mass is 9.60. The van der Waals surface area contributed by atoms with Crippen molar-refractivity contribution in [3.05, 3.63) is 83.3 Å². The van der Waals surface area contributed by atoms with E-state index in [0.717, 1.165) is 27.1 Å². The van der Waals surface area contributed by atoms with Crippen LogP contribution in [0.3, 0.4) is 0 Å². The highest BCUT2D eigenvalue weighted by molar-refractivity contribution is 6.12. The van der Waals surface area contributed by atoms with E-state index in [-0.39, 0.29) is 5.70 Å². The summed E-state index contributed by atoms with van der Waals surface area (Å²) in [5.41, 5.74) is -4.06. The highest BCUT2D eigenvalue weighted by atomic mass is 16.5. The maximum absolute atomic E-state index is 15.0. The molecule has 1 spiro atoms. The zero-order valence-corrected chi connectivity index (χ0v) is 24.6. The van der Waals surface area contributed by atoms with Crippen LogP contribution in [0.1, 0.15) is 44.5 Å². The molecular formula is C33H34N4O6. The smallest absolute Gasteiger partial charge is 0.287 e. The monoisotopic (exact) mass is 582 g/mol. The van der Waals surface area contributed by atoms with Gasteiger partial charge in [-0.15, -0.1) is 0 Å². The number of piperazine rings is 1. The van der Waals surface area contributed by atoms with Crippen molar-refractivity contribution in [1.29, 1.82) is 0 Å². The van der Waals surface area contributed by atoms with Gasteiger partial charge in [0, 0.05) is 57.7 Å². The van der Waals surface area contributed by atoms with E-state index in [1.165, 1.54) is 18.2 Å². The number of para-hydroxylation sites is 2. The number of anilines is 1. The normalized spacial score (nSPS) is 34.4. The van der Waals surface area contributed by atoms with Crippen LogP contribution in [0.4, 0.5) is 5.69 Å². The Hall–Kier alpha value is -3.96. The number of aliphatic hydroxyl groups is 3.